The summed E-state index contributed by atoms with van der Waals surface area (Å²) >= 11 is 7.96. The van der Waals surface area contributed by atoms with Crippen molar-refractivity contribution in [3.63, 3.8) is 0 Å². The second kappa shape index (κ2) is 9.93. The molecule has 36 heavy (non-hydrogen) atoms. The van der Waals surface area contributed by atoms with Crippen LogP contribution in [0.1, 0.15) is 18.1 Å². The van der Waals surface area contributed by atoms with Gasteiger partial charge in [0.2, 0.25) is 0 Å². The van der Waals surface area contributed by atoms with Gasteiger partial charge in [0.15, 0.2) is 0 Å². The van der Waals surface area contributed by atoms with Crippen LogP contribution in [0.3, 0.4) is 0 Å². The van der Waals surface area contributed by atoms with Gasteiger partial charge in [-0.05, 0) is 60.5 Å². The van der Waals surface area contributed by atoms with Crippen LogP contribution in [-0.2, 0) is 11.4 Å². The lowest BCUT2D eigenvalue weighted by Gasteiger charge is -2.11. The van der Waals surface area contributed by atoms with Crippen molar-refractivity contribution < 1.29 is 19.0 Å². The molecule has 0 saturated carbocycles. The number of aliphatic carboxylic acids is 1. The standard InChI is InChI=1S/C27H19ClFN3O3S/c1-15(27(33)34)9-16-5-7-20-23(11-16)36-26-24(20)25(30-14-31-26)32-19-6-8-22(21(28)12-19)35-13-17-3-2-4-18(29)10-17/h2-12,14H,13H2,1H3,(H,33,34)(H,30,31,32). The van der Waals surface area contributed by atoms with Gasteiger partial charge in [0.05, 0.1) is 10.4 Å². The van der Waals surface area contributed by atoms with Crippen LogP contribution in [0.5, 0.6) is 5.75 Å². The minimum Gasteiger partial charge on any atom is -0.487 e. The second-order valence-electron chi connectivity index (χ2n) is 8.08. The van der Waals surface area contributed by atoms with E-state index < -0.39 is 5.97 Å². The first-order chi connectivity index (χ1) is 17.4. The molecule has 5 aromatic rings. The number of benzene rings is 3. The third kappa shape index (κ3) is 5.00. The SMILES string of the molecule is CC(=Cc1ccc2c(c1)sc1ncnc(Nc3ccc(OCc4cccc(F)c4)c(Cl)c3)c12)C(=O)O. The highest BCUT2D eigenvalue weighted by atomic mass is 35.5. The number of carbonyl (C=O) groups is 1. The van der Waals surface area contributed by atoms with Crippen LogP contribution >= 0.6 is 22.9 Å². The monoisotopic (exact) mass is 519 g/mol. The molecule has 0 aliphatic heterocycles. The van der Waals surface area contributed by atoms with Crippen molar-refractivity contribution in [2.75, 3.05) is 5.32 Å². The molecule has 0 unspecified atom stereocenters. The summed E-state index contributed by atoms with van der Waals surface area (Å²) in [7, 11) is 0. The number of carboxylic acid groups (broad SMARTS) is 1. The molecular formula is C27H19ClFN3O3S. The normalized spacial score (nSPS) is 11.7. The van der Waals surface area contributed by atoms with Crippen molar-refractivity contribution in [3.8, 4) is 5.75 Å². The molecule has 2 N–H and O–H groups in total. The maximum Gasteiger partial charge on any atom is 0.331 e. The van der Waals surface area contributed by atoms with Gasteiger partial charge >= 0.3 is 5.97 Å². The Hall–Kier alpha value is -4.01. The predicted octanol–water partition coefficient (Wildman–Crippen LogP) is 7.45. The first-order valence-corrected chi connectivity index (χ1v) is 12.1. The van der Waals surface area contributed by atoms with Crippen LogP contribution in [0.25, 0.3) is 26.4 Å². The lowest BCUT2D eigenvalue weighted by atomic mass is 10.1. The largest absolute Gasteiger partial charge is 0.487 e. The van der Waals surface area contributed by atoms with E-state index in [1.54, 1.807) is 37.3 Å². The highest BCUT2D eigenvalue weighted by Crippen LogP contribution is 2.38. The lowest BCUT2D eigenvalue weighted by molar-refractivity contribution is -0.132. The molecule has 2 aromatic heterocycles. The number of anilines is 2. The summed E-state index contributed by atoms with van der Waals surface area (Å²) in [6.45, 7) is 1.76. The van der Waals surface area contributed by atoms with Crippen LogP contribution in [0, 0.1) is 5.82 Å². The average molecular weight is 520 g/mol. The number of ether oxygens (including phenoxy) is 1. The van der Waals surface area contributed by atoms with E-state index in [9.17, 15) is 9.18 Å². The number of carboxylic acids is 1. The minimum atomic E-state index is -0.951. The summed E-state index contributed by atoms with van der Waals surface area (Å²) < 4.78 is 20.1. The number of halogens is 2. The van der Waals surface area contributed by atoms with Crippen molar-refractivity contribution in [1.82, 2.24) is 9.97 Å². The fourth-order valence-electron chi connectivity index (χ4n) is 3.74. The van der Waals surface area contributed by atoms with Gasteiger partial charge < -0.3 is 15.2 Å². The second-order valence-corrected chi connectivity index (χ2v) is 9.52. The van der Waals surface area contributed by atoms with E-state index in [1.807, 2.05) is 24.3 Å². The Morgan fingerprint density at radius 1 is 1.17 bits per heavy atom. The summed E-state index contributed by atoms with van der Waals surface area (Å²) in [5.74, 6) is -0.159. The minimum absolute atomic E-state index is 0.195. The number of hydrogen-bond acceptors (Lipinski definition) is 6. The third-order valence-electron chi connectivity index (χ3n) is 5.49. The van der Waals surface area contributed by atoms with Gasteiger partial charge in [-0.2, -0.15) is 0 Å². The zero-order valence-electron chi connectivity index (χ0n) is 19.0. The van der Waals surface area contributed by atoms with Crippen LogP contribution in [0.15, 0.2) is 72.6 Å². The quantitative estimate of drug-likeness (QED) is 0.217. The summed E-state index contributed by atoms with van der Waals surface area (Å²) in [4.78, 5) is 20.8. The Kier molecular flexibility index (Phi) is 6.54. The molecule has 0 aliphatic carbocycles. The molecule has 180 valence electrons. The van der Waals surface area contributed by atoms with E-state index >= 15 is 0 Å². The molecule has 2 heterocycles. The van der Waals surface area contributed by atoms with Crippen molar-refractivity contribution in [3.05, 3.63) is 94.5 Å². The Labute approximate surface area is 214 Å². The van der Waals surface area contributed by atoms with Crippen molar-refractivity contribution >= 4 is 66.8 Å². The number of nitrogens with zero attached hydrogens (tertiary/aromatic N) is 2. The van der Waals surface area contributed by atoms with Crippen molar-refractivity contribution in [2.45, 2.75) is 13.5 Å². The van der Waals surface area contributed by atoms with Crippen LogP contribution in [-0.4, -0.2) is 21.0 Å². The summed E-state index contributed by atoms with van der Waals surface area (Å²) in [5, 5.41) is 14.7. The van der Waals surface area contributed by atoms with E-state index in [4.69, 9.17) is 21.4 Å². The van der Waals surface area contributed by atoms with Gasteiger partial charge in [-0.3, -0.25) is 0 Å². The van der Waals surface area contributed by atoms with E-state index in [0.717, 1.165) is 25.9 Å². The fourth-order valence-corrected chi connectivity index (χ4v) is 5.07. The average Bonchev–Trinajstić information content (AvgIpc) is 3.22. The summed E-state index contributed by atoms with van der Waals surface area (Å²) in [6, 6.07) is 17.3. The van der Waals surface area contributed by atoms with Gasteiger partial charge in [-0.25, -0.2) is 19.2 Å². The first kappa shape index (κ1) is 23.7. The number of nitrogens with one attached hydrogen (secondary N) is 1. The fraction of sp³-hybridized carbons (Fsp3) is 0.0741. The number of hydrogen-bond donors (Lipinski definition) is 2. The van der Waals surface area contributed by atoms with Crippen molar-refractivity contribution in [1.29, 1.82) is 0 Å². The molecule has 0 bridgehead atoms. The van der Waals surface area contributed by atoms with Crippen molar-refractivity contribution in [2.24, 2.45) is 0 Å². The zero-order valence-corrected chi connectivity index (χ0v) is 20.5. The Balaban J connectivity index is 1.41. The highest BCUT2D eigenvalue weighted by molar-refractivity contribution is 7.25. The predicted molar refractivity (Wildman–Crippen MR) is 142 cm³/mol. The zero-order chi connectivity index (χ0) is 25.2. The maximum absolute atomic E-state index is 13.4. The molecular weight excluding hydrogens is 501 g/mol. The molecule has 0 atom stereocenters. The molecule has 0 aliphatic rings. The molecule has 3 aromatic carbocycles. The highest BCUT2D eigenvalue weighted by Gasteiger charge is 2.14. The van der Waals surface area contributed by atoms with Crippen LogP contribution < -0.4 is 10.1 Å². The first-order valence-electron chi connectivity index (χ1n) is 10.9. The van der Waals surface area contributed by atoms with Crippen LogP contribution in [0.2, 0.25) is 5.02 Å². The van der Waals surface area contributed by atoms with Crippen LogP contribution in [0.4, 0.5) is 15.9 Å². The van der Waals surface area contributed by atoms with E-state index in [1.165, 1.54) is 29.8 Å². The number of aromatic nitrogens is 2. The van der Waals surface area contributed by atoms with E-state index in [0.29, 0.717) is 27.8 Å². The van der Waals surface area contributed by atoms with Gasteiger partial charge in [-0.15, -0.1) is 11.3 Å². The summed E-state index contributed by atoms with van der Waals surface area (Å²) in [5.41, 5.74) is 2.49. The lowest BCUT2D eigenvalue weighted by Crippen LogP contribution is -1.98. The number of rotatable bonds is 7. The van der Waals surface area contributed by atoms with Gasteiger partial charge in [0.1, 0.15) is 35.1 Å². The van der Waals surface area contributed by atoms with Gasteiger partial charge in [0, 0.05) is 21.3 Å². The topological polar surface area (TPSA) is 84.3 Å². The summed E-state index contributed by atoms with van der Waals surface area (Å²) in [6.07, 6.45) is 3.13. The molecule has 5 rings (SSSR count). The maximum atomic E-state index is 13.4. The number of thiophene rings is 1. The van der Waals surface area contributed by atoms with Gasteiger partial charge in [0.25, 0.3) is 0 Å². The number of fused-ring (bicyclic) bond motifs is 3. The molecule has 6 nitrogen and oxygen atoms in total. The molecule has 0 amide bonds. The molecule has 0 spiro atoms. The molecule has 0 fully saturated rings. The van der Waals surface area contributed by atoms with E-state index in [2.05, 4.69) is 15.3 Å². The molecule has 0 saturated heterocycles. The Morgan fingerprint density at radius 2 is 2.03 bits per heavy atom. The Bertz CT molecular complexity index is 1650. The molecule has 9 heteroatoms. The van der Waals surface area contributed by atoms with Gasteiger partial charge in [-0.1, -0.05) is 35.9 Å². The molecule has 0 radical (unpaired) electrons. The van der Waals surface area contributed by atoms with E-state index in [-0.39, 0.29) is 18.0 Å². The smallest absolute Gasteiger partial charge is 0.331 e. The Morgan fingerprint density at radius 3 is 2.81 bits per heavy atom. The third-order valence-corrected chi connectivity index (χ3v) is 6.85.